The molecule has 12 rings (SSSR count). The van der Waals surface area contributed by atoms with E-state index in [1.54, 1.807) is 30.6 Å². The summed E-state index contributed by atoms with van der Waals surface area (Å²) in [4.78, 5) is 38.1. The number of hydrogen-bond donors (Lipinski definition) is 3. The van der Waals surface area contributed by atoms with Crippen LogP contribution in [0.1, 0.15) is 31.2 Å². The molecule has 15 nitrogen and oxygen atoms in total. The van der Waals surface area contributed by atoms with Gasteiger partial charge in [0.05, 0.1) is 33.1 Å². The molecule has 0 atom stereocenters. The number of aromatic nitrogens is 10. The molecule has 8 heterocycles. The second kappa shape index (κ2) is 21.7. The number of hydrogen-bond acceptors (Lipinski definition) is 13. The van der Waals surface area contributed by atoms with E-state index in [4.69, 9.17) is 39.4 Å². The van der Waals surface area contributed by atoms with Gasteiger partial charge in [-0.25, -0.2) is 29.9 Å². The van der Waals surface area contributed by atoms with Gasteiger partial charge in [-0.1, -0.05) is 54.6 Å². The van der Waals surface area contributed by atoms with Gasteiger partial charge >= 0.3 is 3.18 Å². The Morgan fingerprint density at radius 2 is 0.986 bits per heavy atom. The molecule has 0 unspecified atom stereocenters. The van der Waals surface area contributed by atoms with Crippen LogP contribution in [0.2, 0.25) is 0 Å². The highest BCUT2D eigenvalue weighted by molar-refractivity contribution is 9.69. The number of phenolic OH excluding ortho intramolecular Hbond substituents is 1. The number of pyridine rings is 2. The monoisotopic (exact) mass is 1120 g/mol. The van der Waals surface area contributed by atoms with Gasteiger partial charge in [0.1, 0.15) is 28.8 Å². The summed E-state index contributed by atoms with van der Waals surface area (Å²) in [5.74, 6) is 4.16. The maximum atomic E-state index is 10.2. The lowest BCUT2D eigenvalue weighted by molar-refractivity contribution is 0.0902. The van der Waals surface area contributed by atoms with Crippen LogP contribution in [0, 0.1) is 6.92 Å². The molecule has 10 aromatic rings. The number of aromatic hydroxyl groups is 1. The second-order valence-electron chi connectivity index (χ2n) is 16.8. The molecule has 2 saturated heterocycles. The lowest BCUT2D eigenvalue weighted by Crippen LogP contribution is -2.28. The maximum Gasteiger partial charge on any atom is 0.369 e. The van der Waals surface area contributed by atoms with E-state index in [-0.39, 0.29) is 15.0 Å². The number of phenols is 1. The van der Waals surface area contributed by atoms with Crippen LogP contribution in [0.15, 0.2) is 134 Å². The summed E-state index contributed by atoms with van der Waals surface area (Å²) >= 11 is 9.31. The minimum absolute atomic E-state index is 0.163. The minimum atomic E-state index is 0.163. The highest BCUT2D eigenvalue weighted by atomic mass is 79.9. The topological polar surface area (TPSA) is 176 Å². The van der Waals surface area contributed by atoms with E-state index < -0.39 is 0 Å². The lowest BCUT2D eigenvalue weighted by Gasteiger charge is -2.23. The van der Waals surface area contributed by atoms with Crippen LogP contribution in [0.25, 0.3) is 78.5 Å². The molecule has 0 aliphatic carbocycles. The van der Waals surface area contributed by atoms with Crippen LogP contribution < -0.4 is 10.6 Å². The molecule has 0 amide bonds. The van der Waals surface area contributed by atoms with Crippen LogP contribution in [-0.2, 0) is 9.47 Å². The molecule has 70 heavy (non-hydrogen) atoms. The first-order valence-corrected chi connectivity index (χ1v) is 25.7. The SMILES string of the molecule is BrB(Br)Br.Cc1ccc2nc(-c3ccc4ccccc4n3)n(-c3ccnc(NC4CCOCC4)n3)c2c1.Oc1ccc2nc(-c3ccc4ccccc4n3)n(-c3ccnc(NC4CCOCC4)n3)c2c1. The number of fused-ring (bicyclic) bond motifs is 4. The summed E-state index contributed by atoms with van der Waals surface area (Å²) in [5.41, 5.74) is 7.92. The summed E-state index contributed by atoms with van der Waals surface area (Å²) in [7, 11) is 0. The number of ether oxygens (including phenoxy) is 2. The second-order valence-corrected chi connectivity index (χ2v) is 23.2. The Morgan fingerprint density at radius 3 is 1.49 bits per heavy atom. The lowest BCUT2D eigenvalue weighted by atomic mass is 10.1. The largest absolute Gasteiger partial charge is 0.508 e. The number of imidazole rings is 2. The van der Waals surface area contributed by atoms with Crippen molar-refractivity contribution < 1.29 is 14.6 Å². The van der Waals surface area contributed by atoms with Crippen LogP contribution in [0.5, 0.6) is 5.75 Å². The third kappa shape index (κ3) is 11.0. The summed E-state index contributed by atoms with van der Waals surface area (Å²) in [6.45, 7) is 5.09. The predicted molar refractivity (Wildman–Crippen MR) is 289 cm³/mol. The van der Waals surface area contributed by atoms with Crippen molar-refractivity contribution in [3.8, 4) is 40.4 Å². The number of benzene rings is 4. The van der Waals surface area contributed by atoms with E-state index in [1.807, 2.05) is 83.4 Å². The zero-order valence-corrected chi connectivity index (χ0v) is 42.7. The number of halogens is 3. The standard InChI is InChI=1S/C26H24N6O.C25H22N6O2.BBr3/c1-17-6-8-21-23(16-17)32(24-10-13-27-26(31-24)28-19-11-14-33-15-12-19)25(30-21)22-9-7-18-4-2-3-5-20(18)29-22;32-18-6-8-20-22(15-18)31(23-9-12-26-25(30-23)27-17-10-13-33-14-11-17)24(29-20)21-7-5-16-3-1-2-4-19(16)28-21;2-1(3)4/h2-10,13,16,19H,11-12,14-15H2,1H3,(H,27,28,31);1-9,12,15,17,32H,10-11,13-14H2,(H,26,27,30);. The summed E-state index contributed by atoms with van der Waals surface area (Å²) in [6.07, 6.45) is 7.27. The molecule has 6 aromatic heterocycles. The van der Waals surface area contributed by atoms with Crippen molar-refractivity contribution in [2.45, 2.75) is 44.7 Å². The maximum absolute atomic E-state index is 10.2. The molecule has 2 fully saturated rings. The molecule has 2 aliphatic heterocycles. The Kier molecular flexibility index (Phi) is 14.7. The molecule has 0 radical (unpaired) electrons. The van der Waals surface area contributed by atoms with Crippen LogP contribution in [0.4, 0.5) is 11.9 Å². The highest BCUT2D eigenvalue weighted by Crippen LogP contribution is 2.32. The zero-order valence-electron chi connectivity index (χ0n) is 38.0. The number of aryl methyl sites for hydroxylation is 1. The third-order valence-corrected chi connectivity index (χ3v) is 12.0. The average Bonchev–Trinajstić information content (AvgIpc) is 3.95. The van der Waals surface area contributed by atoms with E-state index in [2.05, 4.69) is 104 Å². The molecule has 19 heteroatoms. The highest BCUT2D eigenvalue weighted by Gasteiger charge is 2.22. The molecule has 3 N–H and O–H groups in total. The Bertz CT molecular complexity index is 3210. The van der Waals surface area contributed by atoms with Crippen LogP contribution >= 0.6 is 47.3 Å². The molecule has 0 bridgehead atoms. The van der Waals surface area contributed by atoms with Gasteiger partial charge in [-0.2, -0.15) is 9.97 Å². The fraction of sp³-hybridized carbons (Fsp3) is 0.216. The number of nitrogens with zero attached hydrogens (tertiary/aromatic N) is 10. The van der Waals surface area contributed by atoms with Gasteiger partial charge in [-0.15, -0.1) is 47.3 Å². The van der Waals surface area contributed by atoms with Crippen LogP contribution in [-0.4, -0.2) is 95.8 Å². The summed E-state index contributed by atoms with van der Waals surface area (Å²) in [5, 5.41) is 19.2. The zero-order chi connectivity index (χ0) is 48.0. The van der Waals surface area contributed by atoms with Crippen molar-refractivity contribution in [3.05, 3.63) is 139 Å². The fourth-order valence-electron chi connectivity index (χ4n) is 8.57. The van der Waals surface area contributed by atoms with Crippen molar-refractivity contribution in [2.75, 3.05) is 37.1 Å². The Labute approximate surface area is 428 Å². The Morgan fingerprint density at radius 1 is 0.529 bits per heavy atom. The van der Waals surface area contributed by atoms with E-state index in [1.165, 1.54) is 0 Å². The fourth-order valence-corrected chi connectivity index (χ4v) is 8.57. The molecule has 0 spiro atoms. The Hall–Kier alpha value is -6.38. The first-order chi connectivity index (χ1) is 34.2. The van der Waals surface area contributed by atoms with Crippen molar-refractivity contribution >= 4 is 106 Å². The molecule has 4 aromatic carbocycles. The van der Waals surface area contributed by atoms with E-state index in [0.717, 1.165) is 125 Å². The van der Waals surface area contributed by atoms with E-state index in [9.17, 15) is 5.11 Å². The Balaban J connectivity index is 0.000000151. The number of para-hydroxylation sites is 2. The first-order valence-electron chi connectivity index (χ1n) is 22.9. The smallest absolute Gasteiger partial charge is 0.369 e. The summed E-state index contributed by atoms with van der Waals surface area (Å²) in [6, 6.07) is 40.0. The molecule has 2 aliphatic rings. The van der Waals surface area contributed by atoms with Gasteiger partial charge in [0.2, 0.25) is 11.9 Å². The average molecular weight is 1130 g/mol. The van der Waals surface area contributed by atoms with Gasteiger partial charge in [-0.05, 0) is 98.8 Å². The van der Waals surface area contributed by atoms with Crippen molar-refractivity contribution in [1.82, 2.24) is 49.0 Å². The molecule has 0 saturated carbocycles. The van der Waals surface area contributed by atoms with Crippen molar-refractivity contribution in [1.29, 1.82) is 0 Å². The van der Waals surface area contributed by atoms with Gasteiger partial charge in [-0.3, -0.25) is 9.13 Å². The van der Waals surface area contributed by atoms with Crippen molar-refractivity contribution in [3.63, 3.8) is 0 Å². The first kappa shape index (κ1) is 47.3. The number of rotatable bonds is 8. The van der Waals surface area contributed by atoms with E-state index >= 15 is 0 Å². The number of nitrogens with one attached hydrogen (secondary N) is 2. The van der Waals surface area contributed by atoms with Crippen molar-refractivity contribution in [2.24, 2.45) is 0 Å². The third-order valence-electron chi connectivity index (χ3n) is 12.0. The normalized spacial score (nSPS) is 14.2. The predicted octanol–water partition coefficient (Wildman–Crippen LogP) is 11.4. The molecular weight excluding hydrogens is 1080 g/mol. The summed E-state index contributed by atoms with van der Waals surface area (Å²) < 4.78 is 15.2. The minimum Gasteiger partial charge on any atom is -0.508 e. The van der Waals surface area contributed by atoms with Gasteiger partial charge in [0, 0.05) is 67.7 Å². The number of anilines is 2. The quantitative estimate of drug-likeness (QED) is 0.123. The molecule has 352 valence electrons. The van der Waals surface area contributed by atoms with Crippen LogP contribution in [0.3, 0.4) is 0 Å². The van der Waals surface area contributed by atoms with E-state index in [0.29, 0.717) is 29.6 Å². The molecular formula is C51H46BBr3N12O3. The van der Waals surface area contributed by atoms with Gasteiger partial charge in [0.25, 0.3) is 0 Å². The van der Waals surface area contributed by atoms with Gasteiger partial charge in [0.15, 0.2) is 11.6 Å². The van der Waals surface area contributed by atoms with Gasteiger partial charge < -0.3 is 25.2 Å².